The van der Waals surface area contributed by atoms with Crippen LogP contribution in [0.15, 0.2) is 29.0 Å². The fraction of sp³-hybridized carbons (Fsp3) is 0.154. The van der Waals surface area contributed by atoms with Gasteiger partial charge in [-0.3, -0.25) is 0 Å². The maximum atomic E-state index is 10.9. The van der Waals surface area contributed by atoms with E-state index in [2.05, 4.69) is 5.38 Å². The number of hydrogen-bond donors (Lipinski definition) is 1. The average Bonchev–Trinajstić information content (AvgIpc) is 2.74. The van der Waals surface area contributed by atoms with E-state index in [4.69, 9.17) is 9.84 Å². The van der Waals surface area contributed by atoms with E-state index in [1.165, 1.54) is 0 Å². The van der Waals surface area contributed by atoms with Crippen molar-refractivity contribution in [3.05, 3.63) is 40.1 Å². The number of ether oxygens (including phenoxy) is 1. The smallest absolute Gasteiger partial charge is 0.335 e. The SMILES string of the molecule is COc1cc(C(=O)O)ccc1-c1cscc1C. The fourth-order valence-corrected chi connectivity index (χ4v) is 2.53. The highest BCUT2D eigenvalue weighted by Crippen LogP contribution is 2.34. The van der Waals surface area contributed by atoms with Crippen LogP contribution in [0.5, 0.6) is 5.75 Å². The van der Waals surface area contributed by atoms with E-state index >= 15 is 0 Å². The number of carboxylic acids is 1. The zero-order valence-corrected chi connectivity index (χ0v) is 10.4. The van der Waals surface area contributed by atoms with Gasteiger partial charge in [0.2, 0.25) is 0 Å². The molecule has 0 fully saturated rings. The number of carboxylic acid groups (broad SMARTS) is 1. The van der Waals surface area contributed by atoms with Gasteiger partial charge in [0.1, 0.15) is 5.75 Å². The number of aryl methyl sites for hydroxylation is 1. The van der Waals surface area contributed by atoms with Crippen molar-refractivity contribution in [2.75, 3.05) is 7.11 Å². The molecule has 4 heteroatoms. The maximum absolute atomic E-state index is 10.9. The summed E-state index contributed by atoms with van der Waals surface area (Å²) < 4.78 is 5.26. The van der Waals surface area contributed by atoms with Crippen LogP contribution in [0.4, 0.5) is 0 Å². The minimum Gasteiger partial charge on any atom is -0.496 e. The van der Waals surface area contributed by atoms with Gasteiger partial charge in [-0.25, -0.2) is 4.79 Å². The topological polar surface area (TPSA) is 46.5 Å². The molecule has 1 heterocycles. The number of benzene rings is 1. The van der Waals surface area contributed by atoms with Gasteiger partial charge in [-0.2, -0.15) is 11.3 Å². The monoisotopic (exact) mass is 248 g/mol. The minimum atomic E-state index is -0.947. The molecule has 0 aliphatic carbocycles. The summed E-state index contributed by atoms with van der Waals surface area (Å²) in [5.74, 6) is -0.358. The lowest BCUT2D eigenvalue weighted by molar-refractivity contribution is 0.0696. The highest BCUT2D eigenvalue weighted by Gasteiger charge is 2.12. The molecule has 2 aromatic rings. The molecule has 1 aromatic heterocycles. The Labute approximate surface area is 103 Å². The number of carbonyl (C=O) groups is 1. The van der Waals surface area contributed by atoms with Crippen LogP contribution in [0.1, 0.15) is 15.9 Å². The lowest BCUT2D eigenvalue weighted by Crippen LogP contribution is -1.98. The van der Waals surface area contributed by atoms with Crippen molar-refractivity contribution in [3.8, 4) is 16.9 Å². The van der Waals surface area contributed by atoms with E-state index in [9.17, 15) is 4.79 Å². The van der Waals surface area contributed by atoms with Gasteiger partial charge in [0.05, 0.1) is 12.7 Å². The molecule has 0 bridgehead atoms. The third-order valence-corrected chi connectivity index (χ3v) is 3.46. The Balaban J connectivity index is 2.56. The van der Waals surface area contributed by atoms with Gasteiger partial charge in [0.25, 0.3) is 0 Å². The normalized spacial score (nSPS) is 10.2. The molecule has 1 aromatic carbocycles. The molecule has 0 saturated carbocycles. The number of hydrogen-bond acceptors (Lipinski definition) is 3. The molecular weight excluding hydrogens is 236 g/mol. The molecule has 88 valence electrons. The Bertz CT molecular complexity index is 558. The first kappa shape index (κ1) is 11.7. The number of rotatable bonds is 3. The summed E-state index contributed by atoms with van der Waals surface area (Å²) in [5.41, 5.74) is 3.41. The molecule has 0 spiro atoms. The predicted octanol–water partition coefficient (Wildman–Crippen LogP) is 3.43. The molecule has 3 nitrogen and oxygen atoms in total. The van der Waals surface area contributed by atoms with Crippen LogP contribution in [0.2, 0.25) is 0 Å². The predicted molar refractivity (Wildman–Crippen MR) is 68.0 cm³/mol. The van der Waals surface area contributed by atoms with E-state index < -0.39 is 5.97 Å². The van der Waals surface area contributed by atoms with Crippen LogP contribution < -0.4 is 4.74 Å². The Kier molecular flexibility index (Phi) is 3.15. The average molecular weight is 248 g/mol. The Hall–Kier alpha value is -1.81. The third kappa shape index (κ3) is 2.17. The zero-order chi connectivity index (χ0) is 12.4. The molecule has 1 N–H and O–H groups in total. The van der Waals surface area contributed by atoms with Gasteiger partial charge in [-0.1, -0.05) is 0 Å². The molecule has 0 atom stereocenters. The van der Waals surface area contributed by atoms with Crippen molar-refractivity contribution in [1.29, 1.82) is 0 Å². The van der Waals surface area contributed by atoms with Crippen LogP contribution in [0.25, 0.3) is 11.1 Å². The van der Waals surface area contributed by atoms with Crippen LogP contribution >= 0.6 is 11.3 Å². The van der Waals surface area contributed by atoms with Gasteiger partial charge in [0, 0.05) is 5.56 Å². The number of methoxy groups -OCH3 is 1. The summed E-state index contributed by atoms with van der Waals surface area (Å²) in [6.07, 6.45) is 0. The zero-order valence-electron chi connectivity index (χ0n) is 9.56. The third-order valence-electron chi connectivity index (χ3n) is 2.59. The van der Waals surface area contributed by atoms with Gasteiger partial charge >= 0.3 is 5.97 Å². The van der Waals surface area contributed by atoms with Gasteiger partial charge in [0.15, 0.2) is 0 Å². The van der Waals surface area contributed by atoms with Crippen LogP contribution in [0.3, 0.4) is 0 Å². The molecule has 17 heavy (non-hydrogen) atoms. The lowest BCUT2D eigenvalue weighted by atomic mass is 10.0. The van der Waals surface area contributed by atoms with Crippen LogP contribution in [-0.4, -0.2) is 18.2 Å². The lowest BCUT2D eigenvalue weighted by Gasteiger charge is -2.09. The van der Waals surface area contributed by atoms with Crippen molar-refractivity contribution in [3.63, 3.8) is 0 Å². The molecular formula is C13H12O3S. The summed E-state index contributed by atoms with van der Waals surface area (Å²) >= 11 is 1.62. The maximum Gasteiger partial charge on any atom is 0.335 e. The molecule has 0 aliphatic rings. The molecule has 0 radical (unpaired) electrons. The van der Waals surface area contributed by atoms with E-state index in [0.29, 0.717) is 5.75 Å². The van der Waals surface area contributed by atoms with Crippen molar-refractivity contribution in [2.24, 2.45) is 0 Å². The second-order valence-electron chi connectivity index (χ2n) is 3.69. The summed E-state index contributed by atoms with van der Waals surface area (Å²) in [6, 6.07) is 4.93. The highest BCUT2D eigenvalue weighted by atomic mass is 32.1. The summed E-state index contributed by atoms with van der Waals surface area (Å²) in [7, 11) is 1.55. The molecule has 0 saturated heterocycles. The standard InChI is InChI=1S/C13H12O3S/c1-8-6-17-7-11(8)10-4-3-9(13(14)15)5-12(10)16-2/h3-7H,1-2H3,(H,14,15). The molecule has 0 unspecified atom stereocenters. The van der Waals surface area contributed by atoms with Crippen molar-refractivity contribution in [1.82, 2.24) is 0 Å². The van der Waals surface area contributed by atoms with Gasteiger partial charge < -0.3 is 9.84 Å². The Morgan fingerprint density at radius 1 is 1.29 bits per heavy atom. The summed E-state index contributed by atoms with van der Waals surface area (Å²) in [4.78, 5) is 10.9. The van der Waals surface area contributed by atoms with Gasteiger partial charge in [-0.15, -0.1) is 0 Å². The number of thiophene rings is 1. The van der Waals surface area contributed by atoms with Crippen molar-refractivity contribution >= 4 is 17.3 Å². The first-order chi connectivity index (χ1) is 8.13. The summed E-state index contributed by atoms with van der Waals surface area (Å²) in [6.45, 7) is 2.02. The molecule has 0 aliphatic heterocycles. The Morgan fingerprint density at radius 3 is 2.59 bits per heavy atom. The highest BCUT2D eigenvalue weighted by molar-refractivity contribution is 7.08. The van der Waals surface area contributed by atoms with E-state index in [0.717, 1.165) is 16.7 Å². The van der Waals surface area contributed by atoms with E-state index in [1.54, 1.807) is 36.6 Å². The van der Waals surface area contributed by atoms with E-state index in [1.807, 2.05) is 12.3 Å². The van der Waals surface area contributed by atoms with Gasteiger partial charge in [-0.05, 0) is 47.0 Å². The number of aromatic carboxylic acids is 1. The second kappa shape index (κ2) is 4.59. The first-order valence-electron chi connectivity index (χ1n) is 5.08. The molecule has 2 rings (SSSR count). The van der Waals surface area contributed by atoms with E-state index in [-0.39, 0.29) is 5.56 Å². The Morgan fingerprint density at radius 2 is 2.06 bits per heavy atom. The minimum absolute atomic E-state index is 0.235. The quantitative estimate of drug-likeness (QED) is 0.905. The summed E-state index contributed by atoms with van der Waals surface area (Å²) in [5, 5.41) is 13.0. The second-order valence-corrected chi connectivity index (χ2v) is 4.43. The van der Waals surface area contributed by atoms with Crippen LogP contribution in [-0.2, 0) is 0 Å². The molecule has 0 amide bonds. The van der Waals surface area contributed by atoms with Crippen molar-refractivity contribution in [2.45, 2.75) is 6.92 Å². The van der Waals surface area contributed by atoms with Crippen molar-refractivity contribution < 1.29 is 14.6 Å². The first-order valence-corrected chi connectivity index (χ1v) is 6.02. The van der Waals surface area contributed by atoms with Crippen LogP contribution in [0, 0.1) is 6.92 Å². The largest absolute Gasteiger partial charge is 0.496 e. The fourth-order valence-electron chi connectivity index (χ4n) is 1.68.